The highest BCUT2D eigenvalue weighted by Crippen LogP contribution is 2.29. The fourth-order valence-corrected chi connectivity index (χ4v) is 3.32. The van der Waals surface area contributed by atoms with E-state index in [4.69, 9.17) is 4.74 Å². The second-order valence-corrected chi connectivity index (χ2v) is 6.51. The first-order valence-electron chi connectivity index (χ1n) is 8.70. The number of hydrogen-bond donors (Lipinski definition) is 3. The number of β-amino-alcohol motifs (C(OH)–C–C–N with tert-alkyl or cyclic N) is 1. The van der Waals surface area contributed by atoms with Crippen LogP contribution in [0.5, 0.6) is 11.5 Å². The SMILES string of the molecule is COc1cccc(CNCC(O)CN2CCc3ccccc3C2)c1O. The Morgan fingerprint density at radius 1 is 1.16 bits per heavy atom. The average Bonchev–Trinajstić information content (AvgIpc) is 2.63. The van der Waals surface area contributed by atoms with E-state index >= 15 is 0 Å². The van der Waals surface area contributed by atoms with Crippen LogP contribution >= 0.6 is 0 Å². The standard InChI is InChI=1S/C20H26N2O3/c1-25-19-8-4-7-16(20(19)24)11-21-12-18(23)14-22-10-9-15-5-2-3-6-17(15)13-22/h2-8,18,21,23-24H,9-14H2,1H3. The molecule has 0 radical (unpaired) electrons. The molecule has 0 aliphatic carbocycles. The Bertz CT molecular complexity index is 705. The number of aromatic hydroxyl groups is 1. The van der Waals surface area contributed by atoms with Crippen LogP contribution in [0.1, 0.15) is 16.7 Å². The van der Waals surface area contributed by atoms with Gasteiger partial charge in [0.05, 0.1) is 13.2 Å². The summed E-state index contributed by atoms with van der Waals surface area (Å²) in [7, 11) is 1.53. The van der Waals surface area contributed by atoms with Gasteiger partial charge in [0.25, 0.3) is 0 Å². The molecule has 1 unspecified atom stereocenters. The van der Waals surface area contributed by atoms with Crippen LogP contribution in [0.2, 0.25) is 0 Å². The van der Waals surface area contributed by atoms with Crippen LogP contribution in [-0.2, 0) is 19.5 Å². The topological polar surface area (TPSA) is 65.0 Å². The summed E-state index contributed by atoms with van der Waals surface area (Å²) in [5, 5.41) is 23.6. The summed E-state index contributed by atoms with van der Waals surface area (Å²) in [5.41, 5.74) is 3.54. The Morgan fingerprint density at radius 3 is 2.76 bits per heavy atom. The number of hydrogen-bond acceptors (Lipinski definition) is 5. The summed E-state index contributed by atoms with van der Waals surface area (Å²) < 4.78 is 5.11. The lowest BCUT2D eigenvalue weighted by Gasteiger charge is -2.30. The van der Waals surface area contributed by atoms with Crippen molar-refractivity contribution in [2.75, 3.05) is 26.7 Å². The van der Waals surface area contributed by atoms with Gasteiger partial charge < -0.3 is 20.3 Å². The molecule has 3 rings (SSSR count). The van der Waals surface area contributed by atoms with Gasteiger partial charge in [0.2, 0.25) is 0 Å². The van der Waals surface area contributed by atoms with Gasteiger partial charge in [-0.3, -0.25) is 4.90 Å². The highest BCUT2D eigenvalue weighted by atomic mass is 16.5. The van der Waals surface area contributed by atoms with Gasteiger partial charge in [0, 0.05) is 38.3 Å². The molecule has 2 aromatic carbocycles. The van der Waals surface area contributed by atoms with Crippen LogP contribution in [0.15, 0.2) is 42.5 Å². The molecule has 0 bridgehead atoms. The summed E-state index contributed by atoms with van der Waals surface area (Å²) in [6, 6.07) is 13.9. The number of fused-ring (bicyclic) bond motifs is 1. The van der Waals surface area contributed by atoms with Gasteiger partial charge in [-0.2, -0.15) is 0 Å². The van der Waals surface area contributed by atoms with E-state index in [1.54, 1.807) is 6.07 Å². The smallest absolute Gasteiger partial charge is 0.162 e. The van der Waals surface area contributed by atoms with E-state index in [9.17, 15) is 10.2 Å². The molecule has 0 saturated heterocycles. The van der Waals surface area contributed by atoms with Crippen molar-refractivity contribution in [1.29, 1.82) is 0 Å². The predicted octanol–water partition coefficient (Wildman–Crippen LogP) is 1.91. The fraction of sp³-hybridized carbons (Fsp3) is 0.400. The van der Waals surface area contributed by atoms with Crippen LogP contribution in [0.4, 0.5) is 0 Å². The molecule has 1 atom stereocenters. The molecule has 1 aliphatic rings. The number of methoxy groups -OCH3 is 1. The van der Waals surface area contributed by atoms with E-state index in [0.29, 0.717) is 25.4 Å². The van der Waals surface area contributed by atoms with E-state index in [0.717, 1.165) is 25.1 Å². The van der Waals surface area contributed by atoms with E-state index in [1.807, 2.05) is 12.1 Å². The second kappa shape index (κ2) is 8.34. The molecule has 134 valence electrons. The molecule has 0 spiro atoms. The van der Waals surface area contributed by atoms with Crippen molar-refractivity contribution in [3.05, 3.63) is 59.2 Å². The van der Waals surface area contributed by atoms with Gasteiger partial charge in [-0.1, -0.05) is 36.4 Å². The summed E-state index contributed by atoms with van der Waals surface area (Å²) in [6.45, 7) is 3.48. The van der Waals surface area contributed by atoms with E-state index in [1.165, 1.54) is 18.2 Å². The lowest BCUT2D eigenvalue weighted by atomic mass is 10.00. The van der Waals surface area contributed by atoms with Gasteiger partial charge >= 0.3 is 0 Å². The maximum absolute atomic E-state index is 10.3. The molecule has 5 heteroatoms. The van der Waals surface area contributed by atoms with E-state index in [2.05, 4.69) is 34.5 Å². The summed E-state index contributed by atoms with van der Waals surface area (Å²) >= 11 is 0. The monoisotopic (exact) mass is 342 g/mol. The Hall–Kier alpha value is -2.08. The molecular weight excluding hydrogens is 316 g/mol. The van der Waals surface area contributed by atoms with Crippen LogP contribution < -0.4 is 10.1 Å². The van der Waals surface area contributed by atoms with Crippen molar-refractivity contribution in [1.82, 2.24) is 10.2 Å². The number of ether oxygens (including phenoxy) is 1. The Kier molecular flexibility index (Phi) is 5.91. The largest absolute Gasteiger partial charge is 0.504 e. The predicted molar refractivity (Wildman–Crippen MR) is 97.8 cm³/mol. The normalized spacial score (nSPS) is 15.6. The lowest BCUT2D eigenvalue weighted by molar-refractivity contribution is 0.104. The molecular formula is C20H26N2O3. The number of nitrogens with one attached hydrogen (secondary N) is 1. The third kappa shape index (κ3) is 4.51. The van der Waals surface area contributed by atoms with Crippen LogP contribution in [0, 0.1) is 0 Å². The number of phenols is 1. The van der Waals surface area contributed by atoms with Gasteiger partial charge in [0.15, 0.2) is 11.5 Å². The van der Waals surface area contributed by atoms with Crippen molar-refractivity contribution in [2.24, 2.45) is 0 Å². The van der Waals surface area contributed by atoms with Crippen molar-refractivity contribution in [2.45, 2.75) is 25.6 Å². The highest BCUT2D eigenvalue weighted by Gasteiger charge is 2.18. The first-order chi connectivity index (χ1) is 12.2. The quantitative estimate of drug-likeness (QED) is 0.717. The third-order valence-electron chi connectivity index (χ3n) is 4.68. The number of aliphatic hydroxyl groups excluding tert-OH is 1. The second-order valence-electron chi connectivity index (χ2n) is 6.51. The van der Waals surface area contributed by atoms with E-state index in [-0.39, 0.29) is 5.75 Å². The fourth-order valence-electron chi connectivity index (χ4n) is 3.32. The highest BCUT2D eigenvalue weighted by molar-refractivity contribution is 5.45. The molecule has 1 aliphatic heterocycles. The first kappa shape index (κ1) is 17.7. The van der Waals surface area contributed by atoms with Gasteiger partial charge in [-0.25, -0.2) is 0 Å². The number of rotatable bonds is 7. The minimum atomic E-state index is -0.446. The summed E-state index contributed by atoms with van der Waals surface area (Å²) in [6.07, 6.45) is 0.589. The Labute approximate surface area is 148 Å². The minimum absolute atomic E-state index is 0.152. The number of benzene rings is 2. The van der Waals surface area contributed by atoms with Crippen molar-refractivity contribution >= 4 is 0 Å². The minimum Gasteiger partial charge on any atom is -0.504 e. The van der Waals surface area contributed by atoms with Gasteiger partial charge in [-0.15, -0.1) is 0 Å². The van der Waals surface area contributed by atoms with E-state index < -0.39 is 6.10 Å². The summed E-state index contributed by atoms with van der Waals surface area (Å²) in [4.78, 5) is 2.29. The molecule has 1 heterocycles. The lowest BCUT2D eigenvalue weighted by Crippen LogP contribution is -2.40. The number of para-hydroxylation sites is 1. The molecule has 0 saturated carbocycles. The molecule has 5 nitrogen and oxygen atoms in total. The van der Waals surface area contributed by atoms with Crippen LogP contribution in [0.3, 0.4) is 0 Å². The van der Waals surface area contributed by atoms with Gasteiger partial charge in [-0.05, 0) is 23.6 Å². The third-order valence-corrected chi connectivity index (χ3v) is 4.68. The Morgan fingerprint density at radius 2 is 1.96 bits per heavy atom. The zero-order chi connectivity index (χ0) is 17.6. The Balaban J connectivity index is 1.45. The molecule has 3 N–H and O–H groups in total. The zero-order valence-electron chi connectivity index (χ0n) is 14.6. The maximum Gasteiger partial charge on any atom is 0.162 e. The number of nitrogens with zero attached hydrogens (tertiary/aromatic N) is 1. The van der Waals surface area contributed by atoms with Crippen molar-refractivity contribution in [3.8, 4) is 11.5 Å². The zero-order valence-corrected chi connectivity index (χ0v) is 14.6. The molecule has 0 amide bonds. The molecule has 0 aromatic heterocycles. The average molecular weight is 342 g/mol. The number of phenolic OH excluding ortho intramolecular Hbond substituents is 1. The van der Waals surface area contributed by atoms with Crippen molar-refractivity contribution in [3.63, 3.8) is 0 Å². The van der Waals surface area contributed by atoms with Crippen molar-refractivity contribution < 1.29 is 14.9 Å². The van der Waals surface area contributed by atoms with Crippen LogP contribution in [0.25, 0.3) is 0 Å². The molecule has 0 fully saturated rings. The van der Waals surface area contributed by atoms with Crippen LogP contribution in [-0.4, -0.2) is 48.0 Å². The maximum atomic E-state index is 10.3. The van der Waals surface area contributed by atoms with Gasteiger partial charge in [0.1, 0.15) is 0 Å². The number of aliphatic hydroxyl groups is 1. The summed E-state index contributed by atoms with van der Waals surface area (Å²) in [5.74, 6) is 0.617. The molecule has 2 aromatic rings. The first-order valence-corrected chi connectivity index (χ1v) is 8.70. The molecule has 25 heavy (non-hydrogen) atoms.